The first-order valence-electron chi connectivity index (χ1n) is 8.47. The minimum absolute atomic E-state index is 0.0627. The van der Waals surface area contributed by atoms with E-state index in [1.165, 1.54) is 12.1 Å². The highest BCUT2D eigenvalue weighted by Crippen LogP contribution is 2.42. The SMILES string of the molecule is CCOP(=O)(NCc1ccc(Cl)cc1)c1ccc(-c2noc(C(F)(F)Cl)n2)cc1. The number of nitrogens with zero attached hydrogens (tertiary/aromatic N) is 2. The van der Waals surface area contributed by atoms with Gasteiger partial charge in [0.1, 0.15) is 0 Å². The molecule has 0 aliphatic carbocycles. The van der Waals surface area contributed by atoms with Gasteiger partial charge in [-0.1, -0.05) is 41.0 Å². The van der Waals surface area contributed by atoms with Crippen LogP contribution in [0.3, 0.4) is 0 Å². The molecule has 1 N–H and O–H groups in total. The van der Waals surface area contributed by atoms with Crippen molar-refractivity contribution in [2.45, 2.75) is 18.9 Å². The van der Waals surface area contributed by atoms with Crippen LogP contribution in [-0.2, 0) is 21.0 Å². The fourth-order valence-electron chi connectivity index (χ4n) is 2.45. The van der Waals surface area contributed by atoms with Crippen LogP contribution in [0.2, 0.25) is 5.02 Å². The Morgan fingerprint density at radius 1 is 1.17 bits per heavy atom. The van der Waals surface area contributed by atoms with Crippen molar-refractivity contribution in [3.63, 3.8) is 0 Å². The van der Waals surface area contributed by atoms with Gasteiger partial charge >= 0.3 is 11.3 Å². The van der Waals surface area contributed by atoms with Gasteiger partial charge in [-0.3, -0.25) is 4.57 Å². The van der Waals surface area contributed by atoms with Gasteiger partial charge in [-0.2, -0.15) is 13.8 Å². The van der Waals surface area contributed by atoms with E-state index >= 15 is 0 Å². The Bertz CT molecular complexity index is 1010. The van der Waals surface area contributed by atoms with E-state index in [9.17, 15) is 13.3 Å². The van der Waals surface area contributed by atoms with Gasteiger partial charge in [-0.25, -0.2) is 5.09 Å². The number of rotatable bonds is 8. The number of hydrogen-bond donors (Lipinski definition) is 1. The molecule has 1 aromatic heterocycles. The molecule has 1 heterocycles. The van der Waals surface area contributed by atoms with Gasteiger partial charge in [-0.05, 0) is 48.4 Å². The highest BCUT2D eigenvalue weighted by Gasteiger charge is 2.35. The van der Waals surface area contributed by atoms with Gasteiger partial charge in [0.05, 0.1) is 11.9 Å². The van der Waals surface area contributed by atoms with Crippen LogP contribution in [0.25, 0.3) is 11.4 Å². The summed E-state index contributed by atoms with van der Waals surface area (Å²) in [7, 11) is -3.37. The van der Waals surface area contributed by atoms with E-state index in [1.807, 2.05) is 12.1 Å². The summed E-state index contributed by atoms with van der Waals surface area (Å²) in [6.45, 7) is 2.26. The second-order valence-electron chi connectivity index (χ2n) is 5.90. The average molecular weight is 462 g/mol. The van der Waals surface area contributed by atoms with Gasteiger partial charge in [0.25, 0.3) is 7.52 Å². The summed E-state index contributed by atoms with van der Waals surface area (Å²) in [4.78, 5) is 3.58. The molecule has 11 heteroatoms. The molecule has 0 saturated carbocycles. The van der Waals surface area contributed by atoms with Crippen molar-refractivity contribution in [1.82, 2.24) is 15.2 Å². The van der Waals surface area contributed by atoms with Crippen LogP contribution in [0, 0.1) is 0 Å². The molecule has 0 bridgehead atoms. The molecule has 1 atom stereocenters. The molecular formula is C18H16Cl2F2N3O3P. The molecule has 6 nitrogen and oxygen atoms in total. The zero-order valence-corrected chi connectivity index (χ0v) is 17.5. The number of hydrogen-bond acceptors (Lipinski definition) is 5. The lowest BCUT2D eigenvalue weighted by atomic mass is 10.2. The molecule has 3 rings (SSSR count). The van der Waals surface area contributed by atoms with Crippen LogP contribution in [0.1, 0.15) is 18.4 Å². The predicted molar refractivity (Wildman–Crippen MR) is 107 cm³/mol. The molecule has 0 fully saturated rings. The third-order valence-corrected chi connectivity index (χ3v) is 6.44. The summed E-state index contributed by atoms with van der Waals surface area (Å²) in [5.74, 6) is -1.06. The van der Waals surface area contributed by atoms with Crippen molar-refractivity contribution in [1.29, 1.82) is 0 Å². The first-order valence-corrected chi connectivity index (χ1v) is 10.9. The normalized spacial score (nSPS) is 14.0. The van der Waals surface area contributed by atoms with Crippen molar-refractivity contribution in [2.75, 3.05) is 6.61 Å². The molecule has 1 unspecified atom stereocenters. The molecule has 0 aliphatic rings. The van der Waals surface area contributed by atoms with Gasteiger partial charge < -0.3 is 9.05 Å². The molecule has 3 aromatic rings. The summed E-state index contributed by atoms with van der Waals surface area (Å²) in [6.07, 6.45) is 0. The van der Waals surface area contributed by atoms with Crippen molar-refractivity contribution >= 4 is 36.0 Å². The molecule has 0 aliphatic heterocycles. The highest BCUT2D eigenvalue weighted by molar-refractivity contribution is 7.65. The molecule has 0 spiro atoms. The summed E-state index contributed by atoms with van der Waals surface area (Å²) < 4.78 is 49.4. The fraction of sp³-hybridized carbons (Fsp3) is 0.222. The zero-order valence-electron chi connectivity index (χ0n) is 15.1. The Hall–Kier alpha value is -1.83. The molecular weight excluding hydrogens is 446 g/mol. The summed E-state index contributed by atoms with van der Waals surface area (Å²) >= 11 is 10.7. The molecule has 2 aromatic carbocycles. The lowest BCUT2D eigenvalue weighted by molar-refractivity contribution is 0.0551. The molecule has 154 valence electrons. The van der Waals surface area contributed by atoms with E-state index in [2.05, 4.69) is 19.8 Å². The van der Waals surface area contributed by atoms with E-state index < -0.39 is 18.8 Å². The Labute approximate surface area is 175 Å². The number of halogens is 4. The van der Waals surface area contributed by atoms with Crippen LogP contribution in [-0.4, -0.2) is 16.7 Å². The summed E-state index contributed by atoms with van der Waals surface area (Å²) in [5.41, 5.74) is 1.28. The monoisotopic (exact) mass is 461 g/mol. The minimum atomic E-state index is -3.75. The third-order valence-electron chi connectivity index (χ3n) is 3.85. The van der Waals surface area contributed by atoms with Gasteiger partial charge in [0, 0.05) is 17.1 Å². The maximum atomic E-state index is 13.3. The lowest BCUT2D eigenvalue weighted by Crippen LogP contribution is -2.21. The number of nitrogens with one attached hydrogen (secondary N) is 1. The smallest absolute Gasteiger partial charge is 0.331 e. The Balaban J connectivity index is 1.79. The average Bonchev–Trinajstić information content (AvgIpc) is 3.19. The van der Waals surface area contributed by atoms with Crippen molar-refractivity contribution in [3.8, 4) is 11.4 Å². The predicted octanol–water partition coefficient (Wildman–Crippen LogP) is 5.32. The quantitative estimate of drug-likeness (QED) is 0.361. The standard InChI is InChI=1S/C18H16Cl2F2N3O3P/c1-2-27-29(26,23-11-12-3-7-14(19)8-4-12)15-9-5-13(6-10-15)16-24-17(28-25-16)18(20,21)22/h3-10H,2,11H2,1H3,(H,23,26). The Morgan fingerprint density at radius 2 is 1.83 bits per heavy atom. The van der Waals surface area contributed by atoms with Crippen LogP contribution >= 0.6 is 30.7 Å². The van der Waals surface area contributed by atoms with E-state index in [1.54, 1.807) is 31.2 Å². The highest BCUT2D eigenvalue weighted by atomic mass is 35.5. The van der Waals surface area contributed by atoms with Crippen LogP contribution < -0.4 is 10.4 Å². The zero-order chi connectivity index (χ0) is 21.1. The second-order valence-corrected chi connectivity index (χ2v) is 9.00. The van der Waals surface area contributed by atoms with E-state index in [0.29, 0.717) is 22.4 Å². The van der Waals surface area contributed by atoms with Crippen molar-refractivity contribution in [3.05, 3.63) is 65.0 Å². The van der Waals surface area contributed by atoms with Gasteiger partial charge in [-0.15, -0.1) is 0 Å². The van der Waals surface area contributed by atoms with Crippen LogP contribution in [0.4, 0.5) is 8.78 Å². The van der Waals surface area contributed by atoms with Crippen LogP contribution in [0.5, 0.6) is 0 Å². The molecule has 0 saturated heterocycles. The molecule has 0 radical (unpaired) electrons. The summed E-state index contributed by atoms with van der Waals surface area (Å²) in [6, 6.07) is 13.3. The van der Waals surface area contributed by atoms with E-state index in [-0.39, 0.29) is 12.4 Å². The lowest BCUT2D eigenvalue weighted by Gasteiger charge is -2.19. The fourth-order valence-corrected chi connectivity index (χ4v) is 4.38. The molecule has 0 amide bonds. The first kappa shape index (κ1) is 21.9. The largest absolute Gasteiger partial charge is 0.400 e. The maximum absolute atomic E-state index is 13.3. The Kier molecular flexibility index (Phi) is 6.71. The third kappa shape index (κ3) is 5.41. The topological polar surface area (TPSA) is 77.2 Å². The van der Waals surface area contributed by atoms with Crippen LogP contribution in [0.15, 0.2) is 53.1 Å². The first-order chi connectivity index (χ1) is 13.7. The number of benzene rings is 2. The number of aromatic nitrogens is 2. The van der Waals surface area contributed by atoms with Gasteiger partial charge in [0.15, 0.2) is 0 Å². The minimum Gasteiger partial charge on any atom is -0.331 e. The maximum Gasteiger partial charge on any atom is 0.400 e. The number of alkyl halides is 3. The van der Waals surface area contributed by atoms with Crippen molar-refractivity contribution in [2.24, 2.45) is 0 Å². The molecule has 29 heavy (non-hydrogen) atoms. The van der Waals surface area contributed by atoms with Gasteiger partial charge in [0.2, 0.25) is 5.82 Å². The Morgan fingerprint density at radius 3 is 2.38 bits per heavy atom. The summed E-state index contributed by atoms with van der Waals surface area (Å²) in [5, 5.41) is 3.71. The second kappa shape index (κ2) is 8.90. The van der Waals surface area contributed by atoms with Crippen molar-refractivity contribution < 1.29 is 22.4 Å². The van der Waals surface area contributed by atoms with E-state index in [4.69, 9.17) is 27.7 Å². The van der Waals surface area contributed by atoms with E-state index in [0.717, 1.165) is 5.56 Å².